The number of quaternary nitrogens is 1. The Kier molecular flexibility index (Phi) is 39.1. The SMILES string of the molecule is CCC[N+](CCC)(CCC)CCC.N=C(N)[Se].N=C(N)[Se].N=C(N)[Se].[Cl-]. The topological polar surface area (TPSA) is 150 Å². The summed E-state index contributed by atoms with van der Waals surface area (Å²) in [6.45, 7) is 14.8. The average molecular weight is 588 g/mol. The van der Waals surface area contributed by atoms with E-state index in [0.29, 0.717) is 0 Å². The smallest absolute Gasteiger partial charge is 1.00 e. The van der Waals surface area contributed by atoms with E-state index in [1.165, 1.54) is 56.3 Å². The molecule has 0 atom stereocenters. The monoisotopic (exact) mass is 590 g/mol. The molecule has 0 fully saturated rings. The third kappa shape index (κ3) is 49.6. The van der Waals surface area contributed by atoms with Gasteiger partial charge in [-0.05, 0) is 25.7 Å². The molecule has 3 radical (unpaired) electrons. The first kappa shape index (κ1) is 37.0. The van der Waals surface area contributed by atoms with E-state index >= 15 is 0 Å². The van der Waals surface area contributed by atoms with Gasteiger partial charge in [-0.3, -0.25) is 0 Å². The molecule has 0 aliphatic carbocycles. The molecule has 0 aromatic carbocycles. The van der Waals surface area contributed by atoms with Crippen molar-refractivity contribution in [2.45, 2.75) is 53.4 Å². The first-order valence-corrected chi connectivity index (χ1v) is 10.9. The molecule has 0 unspecified atom stereocenters. The molecule has 26 heavy (non-hydrogen) atoms. The fraction of sp³-hybridized carbons (Fsp3) is 0.800. The molecule has 0 rings (SSSR count). The Morgan fingerprint density at radius 3 is 0.808 bits per heavy atom. The molecule has 0 heterocycles. The summed E-state index contributed by atoms with van der Waals surface area (Å²) in [6, 6.07) is 0. The Hall–Kier alpha value is 0.218. The summed E-state index contributed by atoms with van der Waals surface area (Å²) in [5.41, 5.74) is 13.9. The Balaban J connectivity index is -0.0000000933. The maximum absolute atomic E-state index is 6.22. The fourth-order valence-electron chi connectivity index (χ4n) is 2.57. The zero-order valence-electron chi connectivity index (χ0n) is 16.4. The minimum atomic E-state index is 0. The van der Waals surface area contributed by atoms with Crippen LogP contribution in [-0.2, 0) is 0 Å². The van der Waals surface area contributed by atoms with Crippen LogP contribution in [0.25, 0.3) is 0 Å². The van der Waals surface area contributed by atoms with Gasteiger partial charge in [0.25, 0.3) is 0 Å². The van der Waals surface area contributed by atoms with E-state index in [0.717, 1.165) is 0 Å². The number of amidine groups is 3. The molecule has 157 valence electrons. The van der Waals surface area contributed by atoms with E-state index < -0.39 is 0 Å². The molecule has 0 bridgehead atoms. The van der Waals surface area contributed by atoms with Crippen LogP contribution in [0.1, 0.15) is 53.4 Å². The predicted octanol–water partition coefficient (Wildman–Crippen LogP) is -2.41. The summed E-state index contributed by atoms with van der Waals surface area (Å²) in [6.07, 6.45) is 5.33. The maximum Gasteiger partial charge on any atom is -1.00 e. The van der Waals surface area contributed by atoms with Gasteiger partial charge >= 0.3 is 95.7 Å². The Labute approximate surface area is 191 Å². The van der Waals surface area contributed by atoms with Crippen molar-refractivity contribution in [2.24, 2.45) is 17.2 Å². The van der Waals surface area contributed by atoms with Crippen LogP contribution >= 0.6 is 0 Å². The van der Waals surface area contributed by atoms with Gasteiger partial charge in [-0.15, -0.1) is 0 Å². The second kappa shape index (κ2) is 27.4. The maximum atomic E-state index is 6.22. The Morgan fingerprint density at radius 1 is 0.615 bits per heavy atom. The van der Waals surface area contributed by atoms with Gasteiger partial charge in [-0.25, -0.2) is 0 Å². The van der Waals surface area contributed by atoms with E-state index in [2.05, 4.69) is 92.9 Å². The molecule has 0 aliphatic rings. The van der Waals surface area contributed by atoms with E-state index in [1.54, 1.807) is 0 Å². The van der Waals surface area contributed by atoms with Gasteiger partial charge in [0.15, 0.2) is 0 Å². The van der Waals surface area contributed by atoms with E-state index in [-0.39, 0.29) is 26.6 Å². The molecule has 0 saturated carbocycles. The van der Waals surface area contributed by atoms with E-state index in [1.807, 2.05) is 0 Å². The Bertz CT molecular complexity index is 275. The average Bonchev–Trinajstić information content (AvgIpc) is 2.37. The summed E-state index contributed by atoms with van der Waals surface area (Å²) < 4.78 is 1.50. The van der Waals surface area contributed by atoms with Gasteiger partial charge in [0.2, 0.25) is 0 Å². The molecule has 0 amide bonds. The van der Waals surface area contributed by atoms with Crippen molar-refractivity contribution in [1.82, 2.24) is 0 Å². The summed E-state index contributed by atoms with van der Waals surface area (Å²) in [7, 11) is 0. The van der Waals surface area contributed by atoms with E-state index in [9.17, 15) is 0 Å². The summed E-state index contributed by atoms with van der Waals surface area (Å²) in [5, 5.41) is 18.7. The fourth-order valence-corrected chi connectivity index (χ4v) is 2.57. The van der Waals surface area contributed by atoms with Crippen molar-refractivity contribution in [1.29, 1.82) is 16.2 Å². The van der Waals surface area contributed by atoms with Crippen LogP contribution in [0.2, 0.25) is 0 Å². The van der Waals surface area contributed by atoms with E-state index in [4.69, 9.17) is 16.2 Å². The number of halogens is 1. The van der Waals surface area contributed by atoms with Crippen molar-refractivity contribution in [2.75, 3.05) is 26.2 Å². The van der Waals surface area contributed by atoms with Crippen LogP contribution in [0, 0.1) is 16.2 Å². The largest absolute Gasteiger partial charge is 1.00 e. The first-order valence-electron chi connectivity index (χ1n) is 8.32. The van der Waals surface area contributed by atoms with Crippen LogP contribution < -0.4 is 29.6 Å². The summed E-state index contributed by atoms with van der Waals surface area (Å²) in [5.74, 6) is 0. The standard InChI is InChI=1S/C12H28N.3CH3N2Se.ClH/c1-5-9-13(10-6-2,11-7-3)12-8-4;3*2-1(3)4;/h5-12H2,1-4H3;3*(H3,2,3);1H/q+1;;;;/p-1. The quantitative estimate of drug-likeness (QED) is 0.0813. The van der Waals surface area contributed by atoms with Gasteiger partial charge in [0.05, 0.1) is 26.2 Å². The van der Waals surface area contributed by atoms with Crippen LogP contribution in [-0.4, -0.2) is 92.9 Å². The van der Waals surface area contributed by atoms with Crippen LogP contribution in [0.15, 0.2) is 0 Å². The molecule has 0 aromatic rings. The van der Waals surface area contributed by atoms with Crippen molar-refractivity contribution in [3.05, 3.63) is 0 Å². The molecule has 0 aromatic heterocycles. The van der Waals surface area contributed by atoms with Gasteiger partial charge < -0.3 is 16.9 Å². The molecule has 0 spiro atoms. The second-order valence-corrected chi connectivity index (χ2v) is 8.10. The molecule has 9 N–H and O–H groups in total. The van der Waals surface area contributed by atoms with Crippen molar-refractivity contribution in [3.63, 3.8) is 0 Å². The molecule has 11 heteroatoms. The molecular formula is C15H37ClN7Se3. The number of rotatable bonds is 8. The van der Waals surface area contributed by atoms with Crippen molar-refractivity contribution < 1.29 is 16.9 Å². The van der Waals surface area contributed by atoms with Gasteiger partial charge in [0.1, 0.15) is 0 Å². The van der Waals surface area contributed by atoms with Crippen LogP contribution in [0.4, 0.5) is 0 Å². The first-order chi connectivity index (χ1) is 11.4. The predicted molar refractivity (Wildman–Crippen MR) is 114 cm³/mol. The normalized spacial score (nSPS) is 8.77. The zero-order chi connectivity index (χ0) is 20.9. The minimum absolute atomic E-state index is 0. The van der Waals surface area contributed by atoms with Gasteiger partial charge in [-0.2, -0.15) is 0 Å². The number of hydrogen-bond donors (Lipinski definition) is 6. The third-order valence-corrected chi connectivity index (χ3v) is 2.79. The van der Waals surface area contributed by atoms with Crippen LogP contribution in [0.5, 0.6) is 0 Å². The summed E-state index contributed by atoms with van der Waals surface area (Å²) >= 11 is 6.79. The molecular weight excluding hydrogens is 551 g/mol. The van der Waals surface area contributed by atoms with Crippen molar-refractivity contribution in [3.8, 4) is 0 Å². The number of nitrogens with zero attached hydrogens (tertiary/aromatic N) is 1. The summed E-state index contributed by atoms with van der Waals surface area (Å²) in [4.78, 5) is 0. The molecule has 7 nitrogen and oxygen atoms in total. The Morgan fingerprint density at radius 2 is 0.731 bits per heavy atom. The van der Waals surface area contributed by atoms with Crippen LogP contribution in [0.3, 0.4) is 0 Å². The van der Waals surface area contributed by atoms with Crippen molar-refractivity contribution >= 4 is 62.2 Å². The molecule has 0 saturated heterocycles. The number of nitrogens with one attached hydrogen (secondary N) is 3. The zero-order valence-corrected chi connectivity index (χ0v) is 22.3. The second-order valence-electron chi connectivity index (χ2n) is 5.33. The molecule has 0 aliphatic heterocycles. The van der Waals surface area contributed by atoms with Gasteiger partial charge in [0, 0.05) is 0 Å². The minimum Gasteiger partial charge on any atom is -1.00 e. The third-order valence-electron chi connectivity index (χ3n) is 2.79. The van der Waals surface area contributed by atoms with Gasteiger partial charge in [-0.1, -0.05) is 27.7 Å². The number of hydrogen-bond acceptors (Lipinski definition) is 3. The number of nitrogens with two attached hydrogens (primary N) is 3.